The third-order valence-corrected chi connectivity index (χ3v) is 3.04. The predicted molar refractivity (Wildman–Crippen MR) is 59.8 cm³/mol. The maximum atomic E-state index is 9.62. The van der Waals surface area contributed by atoms with Gasteiger partial charge in [0.25, 0.3) is 0 Å². The second-order valence-corrected chi connectivity index (χ2v) is 4.09. The van der Waals surface area contributed by atoms with Crippen LogP contribution in [0, 0.1) is 0 Å². The van der Waals surface area contributed by atoms with Crippen LogP contribution in [0.15, 0.2) is 24.3 Å². The third-order valence-electron chi connectivity index (χ3n) is 3.04. The lowest BCUT2D eigenvalue weighted by molar-refractivity contribution is -0.0451. The molecule has 1 aliphatic rings. The van der Waals surface area contributed by atoms with Crippen molar-refractivity contribution in [1.82, 2.24) is 0 Å². The predicted octanol–water partition coefficient (Wildman–Crippen LogP) is 2.46. The van der Waals surface area contributed by atoms with Crippen molar-refractivity contribution in [1.29, 1.82) is 0 Å². The van der Waals surface area contributed by atoms with Gasteiger partial charge in [-0.1, -0.05) is 31.2 Å². The summed E-state index contributed by atoms with van der Waals surface area (Å²) in [6.07, 6.45) is 2.41. The van der Waals surface area contributed by atoms with Gasteiger partial charge < -0.3 is 9.84 Å². The molecule has 1 aliphatic heterocycles. The van der Waals surface area contributed by atoms with Crippen LogP contribution in [0.25, 0.3) is 0 Å². The molecule has 1 aromatic rings. The summed E-state index contributed by atoms with van der Waals surface area (Å²) in [6.45, 7) is 2.82. The fourth-order valence-corrected chi connectivity index (χ4v) is 2.17. The van der Waals surface area contributed by atoms with Crippen LogP contribution >= 0.6 is 0 Å². The van der Waals surface area contributed by atoms with E-state index in [1.54, 1.807) is 0 Å². The Kier molecular flexibility index (Phi) is 3.39. The van der Waals surface area contributed by atoms with Gasteiger partial charge in [0, 0.05) is 13.0 Å². The molecular weight excluding hydrogens is 188 g/mol. The maximum absolute atomic E-state index is 9.62. The lowest BCUT2D eigenvalue weighted by atomic mass is 9.94. The first-order valence-electron chi connectivity index (χ1n) is 5.68. The van der Waals surface area contributed by atoms with Gasteiger partial charge in [0.05, 0.1) is 12.2 Å². The van der Waals surface area contributed by atoms with E-state index in [2.05, 4.69) is 25.1 Å². The topological polar surface area (TPSA) is 29.5 Å². The fraction of sp³-hybridized carbons (Fsp3) is 0.538. The molecule has 1 aromatic carbocycles. The summed E-state index contributed by atoms with van der Waals surface area (Å²) < 4.78 is 5.72. The van der Waals surface area contributed by atoms with Gasteiger partial charge in [-0.15, -0.1) is 0 Å². The average molecular weight is 206 g/mol. The molecule has 0 radical (unpaired) electrons. The molecule has 0 aliphatic carbocycles. The van der Waals surface area contributed by atoms with E-state index in [-0.39, 0.29) is 12.2 Å². The van der Waals surface area contributed by atoms with Gasteiger partial charge in [-0.3, -0.25) is 0 Å². The van der Waals surface area contributed by atoms with Crippen molar-refractivity contribution in [2.24, 2.45) is 0 Å². The average Bonchev–Trinajstić information content (AvgIpc) is 2.29. The Hall–Kier alpha value is -0.860. The van der Waals surface area contributed by atoms with Crippen molar-refractivity contribution >= 4 is 0 Å². The number of aliphatic hydroxyl groups is 1. The molecule has 1 saturated heterocycles. The van der Waals surface area contributed by atoms with Crippen molar-refractivity contribution in [3.05, 3.63) is 35.4 Å². The number of hydrogen-bond donors (Lipinski definition) is 1. The second-order valence-electron chi connectivity index (χ2n) is 4.09. The van der Waals surface area contributed by atoms with Gasteiger partial charge >= 0.3 is 0 Å². The molecule has 82 valence electrons. The van der Waals surface area contributed by atoms with Crippen LogP contribution in [-0.2, 0) is 11.2 Å². The lowest BCUT2D eigenvalue weighted by Gasteiger charge is -2.28. The largest absolute Gasteiger partial charge is 0.393 e. The molecule has 2 atom stereocenters. The SMILES string of the molecule is CCc1ccccc1C1CC(O)CCO1. The van der Waals surface area contributed by atoms with Crippen molar-refractivity contribution in [3.8, 4) is 0 Å². The number of ether oxygens (including phenoxy) is 1. The number of aliphatic hydroxyl groups excluding tert-OH is 1. The molecular formula is C13H18O2. The van der Waals surface area contributed by atoms with Gasteiger partial charge in [0.15, 0.2) is 0 Å². The Morgan fingerprint density at radius 2 is 2.20 bits per heavy atom. The Bertz CT molecular complexity index is 322. The van der Waals surface area contributed by atoms with Crippen LogP contribution in [0.5, 0.6) is 0 Å². The molecule has 2 heteroatoms. The van der Waals surface area contributed by atoms with E-state index < -0.39 is 0 Å². The first kappa shape index (κ1) is 10.7. The Labute approximate surface area is 90.9 Å². The van der Waals surface area contributed by atoms with Crippen LogP contribution in [-0.4, -0.2) is 17.8 Å². The lowest BCUT2D eigenvalue weighted by Crippen LogP contribution is -2.24. The highest BCUT2D eigenvalue weighted by molar-refractivity contribution is 5.29. The second kappa shape index (κ2) is 4.77. The molecule has 2 unspecified atom stereocenters. The number of rotatable bonds is 2. The van der Waals surface area contributed by atoms with Gasteiger partial charge in [0.2, 0.25) is 0 Å². The third kappa shape index (κ3) is 2.39. The Morgan fingerprint density at radius 3 is 2.93 bits per heavy atom. The Morgan fingerprint density at radius 1 is 1.40 bits per heavy atom. The molecule has 2 rings (SSSR count). The zero-order chi connectivity index (χ0) is 10.7. The quantitative estimate of drug-likeness (QED) is 0.805. The minimum Gasteiger partial charge on any atom is -0.393 e. The van der Waals surface area contributed by atoms with Gasteiger partial charge in [-0.05, 0) is 24.0 Å². The van der Waals surface area contributed by atoms with E-state index in [9.17, 15) is 5.11 Å². The molecule has 1 heterocycles. The summed E-state index contributed by atoms with van der Waals surface area (Å²) in [6, 6.07) is 8.35. The molecule has 1 fully saturated rings. The molecule has 0 bridgehead atoms. The maximum Gasteiger partial charge on any atom is 0.0852 e. The van der Waals surface area contributed by atoms with Crippen LogP contribution in [0.4, 0.5) is 0 Å². The van der Waals surface area contributed by atoms with Gasteiger partial charge in [-0.25, -0.2) is 0 Å². The standard InChI is InChI=1S/C13H18O2/c1-2-10-5-3-4-6-12(10)13-9-11(14)7-8-15-13/h3-6,11,13-14H,2,7-9H2,1H3. The van der Waals surface area contributed by atoms with Crippen molar-refractivity contribution in [2.75, 3.05) is 6.61 Å². The van der Waals surface area contributed by atoms with Crippen molar-refractivity contribution < 1.29 is 9.84 Å². The summed E-state index contributed by atoms with van der Waals surface area (Å²) in [5.41, 5.74) is 2.58. The van der Waals surface area contributed by atoms with E-state index in [4.69, 9.17) is 4.74 Å². The summed E-state index contributed by atoms with van der Waals surface area (Å²) in [4.78, 5) is 0. The number of benzene rings is 1. The highest BCUT2D eigenvalue weighted by atomic mass is 16.5. The smallest absolute Gasteiger partial charge is 0.0852 e. The van der Waals surface area contributed by atoms with E-state index in [0.717, 1.165) is 19.3 Å². The van der Waals surface area contributed by atoms with Crippen LogP contribution < -0.4 is 0 Å². The molecule has 0 aromatic heterocycles. The highest BCUT2D eigenvalue weighted by Gasteiger charge is 2.23. The molecule has 2 nitrogen and oxygen atoms in total. The molecule has 0 saturated carbocycles. The van der Waals surface area contributed by atoms with Crippen LogP contribution in [0.1, 0.15) is 37.0 Å². The van der Waals surface area contributed by atoms with E-state index in [1.165, 1.54) is 11.1 Å². The van der Waals surface area contributed by atoms with Crippen LogP contribution in [0.3, 0.4) is 0 Å². The van der Waals surface area contributed by atoms with Crippen LogP contribution in [0.2, 0.25) is 0 Å². The van der Waals surface area contributed by atoms with Gasteiger partial charge in [0.1, 0.15) is 0 Å². The summed E-state index contributed by atoms with van der Waals surface area (Å²) in [5.74, 6) is 0. The van der Waals surface area contributed by atoms with Gasteiger partial charge in [-0.2, -0.15) is 0 Å². The normalized spacial score (nSPS) is 26.5. The first-order valence-corrected chi connectivity index (χ1v) is 5.68. The number of hydrogen-bond acceptors (Lipinski definition) is 2. The Balaban J connectivity index is 2.20. The zero-order valence-corrected chi connectivity index (χ0v) is 9.15. The minimum absolute atomic E-state index is 0.0879. The van der Waals surface area contributed by atoms with E-state index >= 15 is 0 Å². The summed E-state index contributed by atoms with van der Waals surface area (Å²) in [7, 11) is 0. The summed E-state index contributed by atoms with van der Waals surface area (Å²) in [5, 5.41) is 9.62. The zero-order valence-electron chi connectivity index (χ0n) is 9.15. The minimum atomic E-state index is -0.200. The molecule has 1 N–H and O–H groups in total. The number of aryl methyl sites for hydroxylation is 1. The molecule has 0 amide bonds. The van der Waals surface area contributed by atoms with E-state index in [1.807, 2.05) is 6.07 Å². The van der Waals surface area contributed by atoms with Crippen molar-refractivity contribution in [3.63, 3.8) is 0 Å². The highest BCUT2D eigenvalue weighted by Crippen LogP contribution is 2.30. The molecule has 15 heavy (non-hydrogen) atoms. The summed E-state index contributed by atoms with van der Waals surface area (Å²) >= 11 is 0. The first-order chi connectivity index (χ1) is 7.31. The monoisotopic (exact) mass is 206 g/mol. The molecule has 0 spiro atoms. The van der Waals surface area contributed by atoms with E-state index in [0.29, 0.717) is 6.61 Å². The fourth-order valence-electron chi connectivity index (χ4n) is 2.17. The van der Waals surface area contributed by atoms with Crippen molar-refractivity contribution in [2.45, 2.75) is 38.4 Å².